The Morgan fingerprint density at radius 3 is 2.65 bits per heavy atom. The van der Waals surface area contributed by atoms with Crippen molar-refractivity contribution >= 4 is 41.7 Å². The van der Waals surface area contributed by atoms with Crippen LogP contribution in [0.3, 0.4) is 0 Å². The van der Waals surface area contributed by atoms with Crippen LogP contribution in [0.1, 0.15) is 24.6 Å². The van der Waals surface area contributed by atoms with Crippen molar-refractivity contribution in [2.75, 3.05) is 32.1 Å². The van der Waals surface area contributed by atoms with Crippen LogP contribution in [0.5, 0.6) is 0 Å². The van der Waals surface area contributed by atoms with E-state index in [2.05, 4.69) is 32.0 Å². The molecular formula is C12H24IN5OS. The molecule has 1 rings (SSSR count). The predicted molar refractivity (Wildman–Crippen MR) is 95.1 cm³/mol. The highest BCUT2D eigenvalue weighted by Gasteiger charge is 2.03. The molecule has 2 N–H and O–H groups in total. The minimum Gasteiger partial charge on any atom is -0.356 e. The van der Waals surface area contributed by atoms with E-state index < -0.39 is 0 Å². The van der Waals surface area contributed by atoms with E-state index >= 15 is 0 Å². The number of rotatable bonds is 8. The molecular weight excluding hydrogens is 389 g/mol. The standard InChI is InChI=1S/C12H23N5OS.HI/c1-10-16-11(18-17-10)6-8-15-12(13-2)14-7-4-5-9-19-3;/h4-9H2,1-3H3,(H2,13,14,15);1H. The number of aliphatic imine (C=N–C) groups is 1. The summed E-state index contributed by atoms with van der Waals surface area (Å²) >= 11 is 1.88. The van der Waals surface area contributed by atoms with Crippen molar-refractivity contribution in [3.05, 3.63) is 11.7 Å². The maximum absolute atomic E-state index is 5.04. The van der Waals surface area contributed by atoms with Crippen molar-refractivity contribution < 1.29 is 4.52 Å². The number of nitrogens with one attached hydrogen (secondary N) is 2. The second kappa shape index (κ2) is 12.2. The summed E-state index contributed by atoms with van der Waals surface area (Å²) in [5.74, 6) is 3.36. The molecule has 20 heavy (non-hydrogen) atoms. The first-order valence-electron chi connectivity index (χ1n) is 6.49. The summed E-state index contributed by atoms with van der Waals surface area (Å²) in [5, 5.41) is 10.3. The van der Waals surface area contributed by atoms with E-state index in [0.29, 0.717) is 18.1 Å². The number of aromatic nitrogens is 2. The average molecular weight is 413 g/mol. The van der Waals surface area contributed by atoms with Crippen LogP contribution in [0.2, 0.25) is 0 Å². The number of hydrogen-bond donors (Lipinski definition) is 2. The summed E-state index contributed by atoms with van der Waals surface area (Å²) in [7, 11) is 1.77. The van der Waals surface area contributed by atoms with Gasteiger partial charge in [-0.3, -0.25) is 4.99 Å². The second-order valence-corrected chi connectivity index (χ2v) is 5.10. The van der Waals surface area contributed by atoms with Gasteiger partial charge in [0.15, 0.2) is 11.8 Å². The summed E-state index contributed by atoms with van der Waals surface area (Å²) in [6, 6.07) is 0. The SMILES string of the molecule is CN=C(NCCCCSC)NCCc1nc(C)no1.I. The third-order valence-electron chi connectivity index (χ3n) is 2.49. The number of guanidine groups is 1. The topological polar surface area (TPSA) is 75.3 Å². The van der Waals surface area contributed by atoms with Crippen molar-refractivity contribution in [3.8, 4) is 0 Å². The Kier molecular flexibility index (Phi) is 11.9. The molecule has 0 saturated carbocycles. The molecule has 0 aliphatic heterocycles. The molecule has 0 aliphatic carbocycles. The van der Waals surface area contributed by atoms with E-state index in [1.165, 1.54) is 12.2 Å². The highest BCUT2D eigenvalue weighted by Crippen LogP contribution is 1.98. The van der Waals surface area contributed by atoms with Crippen LogP contribution < -0.4 is 10.6 Å². The molecule has 0 amide bonds. The van der Waals surface area contributed by atoms with Gasteiger partial charge in [-0.15, -0.1) is 24.0 Å². The molecule has 0 spiro atoms. The third-order valence-corrected chi connectivity index (χ3v) is 3.19. The molecule has 0 saturated heterocycles. The Hall–Kier alpha value is -0.510. The van der Waals surface area contributed by atoms with Crippen molar-refractivity contribution in [2.24, 2.45) is 4.99 Å². The molecule has 1 aromatic rings. The van der Waals surface area contributed by atoms with Gasteiger partial charge in [-0.25, -0.2) is 0 Å². The molecule has 0 aliphatic rings. The van der Waals surface area contributed by atoms with Crippen molar-refractivity contribution in [2.45, 2.75) is 26.2 Å². The molecule has 0 radical (unpaired) electrons. The molecule has 1 heterocycles. The van der Waals surface area contributed by atoms with Crippen LogP contribution in [-0.2, 0) is 6.42 Å². The molecule has 0 bridgehead atoms. The lowest BCUT2D eigenvalue weighted by Gasteiger charge is -2.10. The van der Waals surface area contributed by atoms with Crippen LogP contribution in [0, 0.1) is 6.92 Å². The van der Waals surface area contributed by atoms with Crippen LogP contribution in [0.25, 0.3) is 0 Å². The zero-order valence-electron chi connectivity index (χ0n) is 12.3. The van der Waals surface area contributed by atoms with Gasteiger partial charge in [0.1, 0.15) is 0 Å². The van der Waals surface area contributed by atoms with Gasteiger partial charge in [0.2, 0.25) is 5.89 Å². The zero-order chi connectivity index (χ0) is 13.9. The molecule has 0 fully saturated rings. The normalized spacial score (nSPS) is 11.1. The Morgan fingerprint density at radius 1 is 1.30 bits per heavy atom. The third kappa shape index (κ3) is 8.62. The van der Waals surface area contributed by atoms with Gasteiger partial charge < -0.3 is 15.2 Å². The number of aryl methyl sites for hydroxylation is 1. The summed E-state index contributed by atoms with van der Waals surface area (Å²) in [5.41, 5.74) is 0. The summed E-state index contributed by atoms with van der Waals surface area (Å²) < 4.78 is 5.04. The van der Waals surface area contributed by atoms with E-state index in [1.54, 1.807) is 7.05 Å². The largest absolute Gasteiger partial charge is 0.356 e. The van der Waals surface area contributed by atoms with E-state index in [-0.39, 0.29) is 24.0 Å². The molecule has 8 heteroatoms. The van der Waals surface area contributed by atoms with Gasteiger partial charge in [-0.2, -0.15) is 16.7 Å². The first-order valence-corrected chi connectivity index (χ1v) is 7.88. The average Bonchev–Trinajstić information content (AvgIpc) is 2.82. The van der Waals surface area contributed by atoms with E-state index in [9.17, 15) is 0 Å². The fourth-order valence-electron chi connectivity index (χ4n) is 1.53. The zero-order valence-corrected chi connectivity index (χ0v) is 15.5. The van der Waals surface area contributed by atoms with Crippen LogP contribution in [-0.4, -0.2) is 48.2 Å². The Morgan fingerprint density at radius 2 is 2.05 bits per heavy atom. The maximum Gasteiger partial charge on any atom is 0.228 e. The van der Waals surface area contributed by atoms with Crippen molar-refractivity contribution in [1.82, 2.24) is 20.8 Å². The Labute approximate surface area is 142 Å². The van der Waals surface area contributed by atoms with Gasteiger partial charge in [0.05, 0.1) is 0 Å². The van der Waals surface area contributed by atoms with E-state index in [4.69, 9.17) is 4.52 Å². The van der Waals surface area contributed by atoms with Crippen LogP contribution >= 0.6 is 35.7 Å². The van der Waals surface area contributed by atoms with Crippen LogP contribution in [0.4, 0.5) is 0 Å². The van der Waals surface area contributed by atoms with Crippen molar-refractivity contribution in [3.63, 3.8) is 0 Å². The number of unbranched alkanes of at least 4 members (excludes halogenated alkanes) is 1. The lowest BCUT2D eigenvalue weighted by Crippen LogP contribution is -2.38. The molecule has 0 aromatic carbocycles. The predicted octanol–water partition coefficient (Wildman–Crippen LogP) is 1.85. The highest BCUT2D eigenvalue weighted by atomic mass is 127. The summed E-state index contributed by atoms with van der Waals surface area (Å²) in [6.07, 6.45) is 5.22. The number of thioether (sulfide) groups is 1. The van der Waals surface area contributed by atoms with Gasteiger partial charge >= 0.3 is 0 Å². The minimum atomic E-state index is 0. The number of halogens is 1. The summed E-state index contributed by atoms with van der Waals surface area (Å²) in [6.45, 7) is 3.49. The Balaban J connectivity index is 0.00000361. The lowest BCUT2D eigenvalue weighted by atomic mass is 10.3. The summed E-state index contributed by atoms with van der Waals surface area (Å²) in [4.78, 5) is 8.31. The fourth-order valence-corrected chi connectivity index (χ4v) is 2.02. The lowest BCUT2D eigenvalue weighted by molar-refractivity contribution is 0.374. The van der Waals surface area contributed by atoms with Gasteiger partial charge in [-0.1, -0.05) is 5.16 Å². The monoisotopic (exact) mass is 413 g/mol. The van der Waals surface area contributed by atoms with E-state index in [0.717, 1.165) is 25.5 Å². The number of nitrogens with zero attached hydrogens (tertiary/aromatic N) is 3. The van der Waals surface area contributed by atoms with Gasteiger partial charge in [-0.05, 0) is 31.8 Å². The fraction of sp³-hybridized carbons (Fsp3) is 0.750. The smallest absolute Gasteiger partial charge is 0.228 e. The minimum absolute atomic E-state index is 0. The first-order chi connectivity index (χ1) is 9.26. The first kappa shape index (κ1) is 19.5. The van der Waals surface area contributed by atoms with Gasteiger partial charge in [0, 0.05) is 26.6 Å². The Bertz CT molecular complexity index is 386. The van der Waals surface area contributed by atoms with Gasteiger partial charge in [0.25, 0.3) is 0 Å². The van der Waals surface area contributed by atoms with Crippen molar-refractivity contribution in [1.29, 1.82) is 0 Å². The van der Waals surface area contributed by atoms with E-state index in [1.807, 2.05) is 18.7 Å². The molecule has 116 valence electrons. The molecule has 0 unspecified atom stereocenters. The highest BCUT2D eigenvalue weighted by molar-refractivity contribution is 14.0. The maximum atomic E-state index is 5.04. The molecule has 6 nitrogen and oxygen atoms in total. The quantitative estimate of drug-likeness (QED) is 0.293. The molecule has 1 aromatic heterocycles. The second-order valence-electron chi connectivity index (χ2n) is 4.11. The number of hydrogen-bond acceptors (Lipinski definition) is 5. The molecule has 0 atom stereocenters. The van der Waals surface area contributed by atoms with Crippen LogP contribution in [0.15, 0.2) is 9.52 Å².